The van der Waals surface area contributed by atoms with Crippen molar-refractivity contribution in [1.82, 2.24) is 24.3 Å². The summed E-state index contributed by atoms with van der Waals surface area (Å²) < 4.78 is 9.65. The van der Waals surface area contributed by atoms with Gasteiger partial charge in [0.1, 0.15) is 17.1 Å². The molecule has 3 heterocycles. The molecule has 1 fully saturated rings. The van der Waals surface area contributed by atoms with Crippen LogP contribution in [0.4, 0.5) is 4.79 Å². The van der Waals surface area contributed by atoms with Crippen LogP contribution in [0.1, 0.15) is 56.0 Å². The Morgan fingerprint density at radius 3 is 2.58 bits per heavy atom. The molecule has 8 nitrogen and oxygen atoms in total. The molecular weight excluding hydrogens is 418 g/mol. The first-order valence-corrected chi connectivity index (χ1v) is 11.6. The zero-order chi connectivity index (χ0) is 23.6. The molecule has 8 heteroatoms. The number of nitrogens with zero attached hydrogens (tertiary/aromatic N) is 4. The van der Waals surface area contributed by atoms with Gasteiger partial charge in [-0.25, -0.2) is 9.78 Å². The highest BCUT2D eigenvalue weighted by Crippen LogP contribution is 2.26. The van der Waals surface area contributed by atoms with Gasteiger partial charge < -0.3 is 24.1 Å². The van der Waals surface area contributed by atoms with Crippen molar-refractivity contribution >= 4 is 23.0 Å². The molecule has 3 aromatic rings. The van der Waals surface area contributed by atoms with E-state index in [9.17, 15) is 9.59 Å². The van der Waals surface area contributed by atoms with E-state index in [-0.39, 0.29) is 18.0 Å². The van der Waals surface area contributed by atoms with E-state index in [4.69, 9.17) is 4.74 Å². The summed E-state index contributed by atoms with van der Waals surface area (Å²) in [5, 5.41) is 3.05. The molecule has 2 aromatic heterocycles. The molecule has 33 heavy (non-hydrogen) atoms. The van der Waals surface area contributed by atoms with Crippen LogP contribution in [0.25, 0.3) is 11.0 Å². The van der Waals surface area contributed by atoms with Gasteiger partial charge >= 0.3 is 6.09 Å². The van der Waals surface area contributed by atoms with Gasteiger partial charge in [-0.1, -0.05) is 12.1 Å². The summed E-state index contributed by atoms with van der Waals surface area (Å²) in [5.74, 6) is 0.849. The second-order valence-electron chi connectivity index (χ2n) is 9.55. The van der Waals surface area contributed by atoms with Crippen LogP contribution in [0.2, 0.25) is 0 Å². The number of benzene rings is 1. The topological polar surface area (TPSA) is 81.4 Å². The number of rotatable bonds is 5. The van der Waals surface area contributed by atoms with Crippen LogP contribution >= 0.6 is 0 Å². The predicted octanol–water partition coefficient (Wildman–Crippen LogP) is 4.15. The minimum atomic E-state index is -0.499. The minimum absolute atomic E-state index is 0.0864. The largest absolute Gasteiger partial charge is 0.444 e. The zero-order valence-electron chi connectivity index (χ0n) is 19.9. The molecule has 0 atom stereocenters. The molecule has 1 aliphatic rings. The number of nitrogens with one attached hydrogen (secondary N) is 1. The summed E-state index contributed by atoms with van der Waals surface area (Å²) >= 11 is 0. The maximum absolute atomic E-state index is 12.9. The molecule has 0 spiro atoms. The van der Waals surface area contributed by atoms with Gasteiger partial charge in [0.25, 0.3) is 5.91 Å². The first-order chi connectivity index (χ1) is 15.7. The summed E-state index contributed by atoms with van der Waals surface area (Å²) in [6.07, 6.45) is 3.26. The van der Waals surface area contributed by atoms with E-state index in [0.29, 0.717) is 31.9 Å². The smallest absolute Gasteiger partial charge is 0.410 e. The third kappa shape index (κ3) is 5.21. The standard InChI is InChI=1S/C25H33N5O3/c1-18-27-20-8-5-6-9-21(20)29(18)17-13-26-23(31)22-10-7-14-30(22)19-11-15-28(16-12-19)24(32)33-25(2,3)4/h5-10,14,19H,11-13,15-17H2,1-4H3,(H,26,31). The highest BCUT2D eigenvalue weighted by Gasteiger charge is 2.28. The van der Waals surface area contributed by atoms with E-state index in [2.05, 4.69) is 14.9 Å². The Labute approximate surface area is 194 Å². The Balaban J connectivity index is 1.33. The summed E-state index contributed by atoms with van der Waals surface area (Å²) in [6.45, 7) is 10.0. The first kappa shape index (κ1) is 22.9. The Morgan fingerprint density at radius 1 is 1.12 bits per heavy atom. The monoisotopic (exact) mass is 451 g/mol. The van der Waals surface area contributed by atoms with Crippen LogP contribution in [0.5, 0.6) is 0 Å². The number of hydrogen-bond donors (Lipinski definition) is 1. The number of carbonyl (C=O) groups is 2. The number of ether oxygens (including phenoxy) is 1. The van der Waals surface area contributed by atoms with Gasteiger partial charge in [-0.3, -0.25) is 4.79 Å². The van der Waals surface area contributed by atoms with Crippen molar-refractivity contribution in [3.8, 4) is 0 Å². The van der Waals surface area contributed by atoms with Crippen LogP contribution in [-0.4, -0.2) is 56.3 Å². The van der Waals surface area contributed by atoms with Crippen LogP contribution in [0, 0.1) is 6.92 Å². The van der Waals surface area contributed by atoms with E-state index in [0.717, 1.165) is 29.7 Å². The molecule has 1 aromatic carbocycles. The number of imidazole rings is 1. The average molecular weight is 452 g/mol. The van der Waals surface area contributed by atoms with Crippen molar-refractivity contribution < 1.29 is 14.3 Å². The molecule has 0 bridgehead atoms. The highest BCUT2D eigenvalue weighted by molar-refractivity contribution is 5.92. The fraction of sp³-hybridized carbons (Fsp3) is 0.480. The van der Waals surface area contributed by atoms with E-state index < -0.39 is 5.60 Å². The summed E-state index contributed by atoms with van der Waals surface area (Å²) in [7, 11) is 0. The molecule has 2 amide bonds. The quantitative estimate of drug-likeness (QED) is 0.632. The van der Waals surface area contributed by atoms with Crippen molar-refractivity contribution in [3.63, 3.8) is 0 Å². The number of piperidine rings is 1. The lowest BCUT2D eigenvalue weighted by molar-refractivity contribution is 0.0187. The molecule has 1 aliphatic heterocycles. The fourth-order valence-electron chi connectivity index (χ4n) is 4.41. The lowest BCUT2D eigenvalue weighted by atomic mass is 10.0. The molecule has 0 unspecified atom stereocenters. The van der Waals surface area contributed by atoms with Gasteiger partial charge in [-0.15, -0.1) is 0 Å². The average Bonchev–Trinajstić information content (AvgIpc) is 3.37. The molecule has 176 valence electrons. The van der Waals surface area contributed by atoms with Gasteiger partial charge in [0.15, 0.2) is 0 Å². The number of para-hydroxylation sites is 2. The van der Waals surface area contributed by atoms with Crippen molar-refractivity contribution in [3.05, 3.63) is 54.1 Å². The lowest BCUT2D eigenvalue weighted by Crippen LogP contribution is -2.42. The van der Waals surface area contributed by atoms with Gasteiger partial charge in [0.05, 0.1) is 11.0 Å². The van der Waals surface area contributed by atoms with Crippen molar-refractivity contribution in [2.45, 2.75) is 58.7 Å². The maximum atomic E-state index is 12.9. The number of carbonyl (C=O) groups excluding carboxylic acids is 2. The Hall–Kier alpha value is -3.29. The number of amides is 2. The Morgan fingerprint density at radius 2 is 1.85 bits per heavy atom. The van der Waals surface area contributed by atoms with Gasteiger partial charge in [0, 0.05) is 38.4 Å². The number of likely N-dealkylation sites (tertiary alicyclic amines) is 1. The molecule has 1 saturated heterocycles. The second-order valence-corrected chi connectivity index (χ2v) is 9.55. The number of aryl methyl sites for hydroxylation is 1. The van der Waals surface area contributed by atoms with Crippen molar-refractivity contribution in [2.75, 3.05) is 19.6 Å². The summed E-state index contributed by atoms with van der Waals surface area (Å²) in [5.41, 5.74) is 2.19. The Kier molecular flexibility index (Phi) is 6.44. The second kappa shape index (κ2) is 9.29. The molecule has 4 rings (SSSR count). The first-order valence-electron chi connectivity index (χ1n) is 11.6. The van der Waals surface area contributed by atoms with Crippen LogP contribution in [0.15, 0.2) is 42.6 Å². The third-order valence-electron chi connectivity index (χ3n) is 5.99. The lowest BCUT2D eigenvalue weighted by Gasteiger charge is -2.34. The van der Waals surface area contributed by atoms with E-state index in [1.165, 1.54) is 0 Å². The highest BCUT2D eigenvalue weighted by atomic mass is 16.6. The van der Waals surface area contributed by atoms with Gasteiger partial charge in [-0.05, 0) is 64.8 Å². The van der Waals surface area contributed by atoms with Crippen LogP contribution in [-0.2, 0) is 11.3 Å². The molecular formula is C25H33N5O3. The van der Waals surface area contributed by atoms with Crippen LogP contribution < -0.4 is 5.32 Å². The molecule has 0 aliphatic carbocycles. The molecule has 1 N–H and O–H groups in total. The SMILES string of the molecule is Cc1nc2ccccc2n1CCNC(=O)c1cccn1C1CCN(C(=O)OC(C)(C)C)CC1. The van der Waals surface area contributed by atoms with Crippen molar-refractivity contribution in [1.29, 1.82) is 0 Å². The van der Waals surface area contributed by atoms with E-state index in [1.54, 1.807) is 4.90 Å². The number of aromatic nitrogens is 3. The number of hydrogen-bond acceptors (Lipinski definition) is 4. The van der Waals surface area contributed by atoms with Gasteiger partial charge in [-0.2, -0.15) is 0 Å². The molecule has 0 saturated carbocycles. The maximum Gasteiger partial charge on any atom is 0.410 e. The number of fused-ring (bicyclic) bond motifs is 1. The van der Waals surface area contributed by atoms with E-state index >= 15 is 0 Å². The molecule has 0 radical (unpaired) electrons. The zero-order valence-corrected chi connectivity index (χ0v) is 19.9. The van der Waals surface area contributed by atoms with Crippen LogP contribution in [0.3, 0.4) is 0 Å². The summed E-state index contributed by atoms with van der Waals surface area (Å²) in [6, 6.07) is 12.0. The van der Waals surface area contributed by atoms with Crippen molar-refractivity contribution in [2.24, 2.45) is 0 Å². The predicted molar refractivity (Wildman–Crippen MR) is 127 cm³/mol. The Bertz CT molecular complexity index is 1130. The minimum Gasteiger partial charge on any atom is -0.444 e. The van der Waals surface area contributed by atoms with Gasteiger partial charge in [0.2, 0.25) is 0 Å². The summed E-state index contributed by atoms with van der Waals surface area (Å²) in [4.78, 5) is 31.6. The third-order valence-corrected chi connectivity index (χ3v) is 5.99. The normalized spacial score (nSPS) is 15.1. The fourth-order valence-corrected chi connectivity index (χ4v) is 4.41. The van der Waals surface area contributed by atoms with E-state index in [1.807, 2.05) is 74.9 Å².